The van der Waals surface area contributed by atoms with Crippen molar-refractivity contribution in [3.05, 3.63) is 71.2 Å². The molecule has 0 aromatic heterocycles. The van der Waals surface area contributed by atoms with Crippen LogP contribution in [0.5, 0.6) is 5.75 Å². The van der Waals surface area contributed by atoms with Gasteiger partial charge in [0, 0.05) is 24.7 Å². The Kier molecular flexibility index (Phi) is 5.91. The van der Waals surface area contributed by atoms with Gasteiger partial charge in [0.05, 0.1) is 23.7 Å². The normalized spacial score (nSPS) is 16.3. The second kappa shape index (κ2) is 8.76. The molecule has 1 atom stereocenters. The number of nitrogens with zero attached hydrogens (tertiary/aromatic N) is 1. The summed E-state index contributed by atoms with van der Waals surface area (Å²) in [5.41, 5.74) is 1.22. The van der Waals surface area contributed by atoms with Gasteiger partial charge in [-0.1, -0.05) is 48.0 Å². The highest BCUT2D eigenvalue weighted by molar-refractivity contribution is 6.33. The predicted molar refractivity (Wildman–Crippen MR) is 119 cm³/mol. The zero-order valence-corrected chi connectivity index (χ0v) is 17.5. The standard InChI is InChI=1S/C24H23ClN2O3/c1-30-18-11-12-22(21(25)14-18)26-23(28)17-8-5-13-27(15-17)24(29)20-10-4-7-16-6-2-3-9-19(16)20/h2-4,6-7,9-12,14,17H,5,8,13,15H2,1H3,(H,26,28). The second-order valence-electron chi connectivity index (χ2n) is 7.45. The van der Waals surface area contributed by atoms with E-state index in [1.54, 1.807) is 30.2 Å². The molecule has 5 nitrogen and oxygen atoms in total. The molecule has 0 aliphatic carbocycles. The summed E-state index contributed by atoms with van der Waals surface area (Å²) < 4.78 is 5.14. The maximum Gasteiger partial charge on any atom is 0.254 e. The smallest absolute Gasteiger partial charge is 0.254 e. The van der Waals surface area contributed by atoms with E-state index in [0.717, 1.165) is 23.6 Å². The Labute approximate surface area is 180 Å². The largest absolute Gasteiger partial charge is 0.497 e. The average Bonchev–Trinajstić information content (AvgIpc) is 2.79. The number of halogens is 1. The van der Waals surface area contributed by atoms with Gasteiger partial charge in [0.1, 0.15) is 5.75 Å². The minimum Gasteiger partial charge on any atom is -0.497 e. The number of ether oxygens (including phenoxy) is 1. The number of anilines is 1. The van der Waals surface area contributed by atoms with Crippen LogP contribution in [0.1, 0.15) is 23.2 Å². The van der Waals surface area contributed by atoms with Crippen LogP contribution in [-0.4, -0.2) is 36.9 Å². The molecule has 1 aliphatic heterocycles. The first-order valence-corrected chi connectivity index (χ1v) is 10.4. The van der Waals surface area contributed by atoms with E-state index in [2.05, 4.69) is 5.32 Å². The maximum atomic E-state index is 13.2. The highest BCUT2D eigenvalue weighted by Crippen LogP contribution is 2.28. The van der Waals surface area contributed by atoms with Crippen molar-refractivity contribution in [3.63, 3.8) is 0 Å². The van der Waals surface area contributed by atoms with Gasteiger partial charge >= 0.3 is 0 Å². The maximum absolute atomic E-state index is 13.2. The first-order valence-electron chi connectivity index (χ1n) is 9.98. The Bertz CT molecular complexity index is 1090. The van der Waals surface area contributed by atoms with Crippen molar-refractivity contribution < 1.29 is 14.3 Å². The second-order valence-corrected chi connectivity index (χ2v) is 7.86. The zero-order chi connectivity index (χ0) is 21.1. The molecule has 0 spiro atoms. The van der Waals surface area contributed by atoms with Crippen molar-refractivity contribution in [1.29, 1.82) is 0 Å². The summed E-state index contributed by atoms with van der Waals surface area (Å²) >= 11 is 6.25. The van der Waals surface area contributed by atoms with Crippen LogP contribution in [0.2, 0.25) is 5.02 Å². The van der Waals surface area contributed by atoms with Gasteiger partial charge < -0.3 is 15.0 Å². The Morgan fingerprint density at radius 1 is 1.10 bits per heavy atom. The van der Waals surface area contributed by atoms with Crippen molar-refractivity contribution in [2.45, 2.75) is 12.8 Å². The topological polar surface area (TPSA) is 58.6 Å². The summed E-state index contributed by atoms with van der Waals surface area (Å²) in [6.07, 6.45) is 1.52. The number of fused-ring (bicyclic) bond motifs is 1. The van der Waals surface area contributed by atoms with Gasteiger partial charge in [-0.2, -0.15) is 0 Å². The third-order valence-corrected chi connectivity index (χ3v) is 5.85. The summed E-state index contributed by atoms with van der Waals surface area (Å²) in [4.78, 5) is 27.9. The van der Waals surface area contributed by atoms with Crippen LogP contribution in [-0.2, 0) is 4.79 Å². The molecule has 0 bridgehead atoms. The van der Waals surface area contributed by atoms with Gasteiger partial charge in [-0.25, -0.2) is 0 Å². The number of carbonyl (C=O) groups is 2. The van der Waals surface area contributed by atoms with Crippen LogP contribution in [0.25, 0.3) is 10.8 Å². The summed E-state index contributed by atoms with van der Waals surface area (Å²) in [6, 6.07) is 18.7. The van der Waals surface area contributed by atoms with Crippen molar-refractivity contribution in [3.8, 4) is 5.75 Å². The SMILES string of the molecule is COc1ccc(NC(=O)C2CCCN(C(=O)c3cccc4ccccc34)C2)c(Cl)c1. The molecule has 0 radical (unpaired) electrons. The van der Waals surface area contributed by atoms with E-state index >= 15 is 0 Å². The number of carbonyl (C=O) groups excluding carboxylic acids is 2. The summed E-state index contributed by atoms with van der Waals surface area (Å²) in [7, 11) is 1.56. The van der Waals surface area contributed by atoms with Crippen LogP contribution in [0, 0.1) is 5.92 Å². The lowest BCUT2D eigenvalue weighted by molar-refractivity contribution is -0.121. The molecule has 2 amide bonds. The van der Waals surface area contributed by atoms with Crippen LogP contribution in [0.4, 0.5) is 5.69 Å². The lowest BCUT2D eigenvalue weighted by Gasteiger charge is -2.32. The number of piperidine rings is 1. The third kappa shape index (κ3) is 4.12. The highest BCUT2D eigenvalue weighted by Gasteiger charge is 2.29. The first kappa shape index (κ1) is 20.2. The molecule has 1 saturated heterocycles. The number of hydrogen-bond donors (Lipinski definition) is 1. The fourth-order valence-corrected chi connectivity index (χ4v) is 4.13. The van der Waals surface area contributed by atoms with Gasteiger partial charge in [0.25, 0.3) is 5.91 Å². The van der Waals surface area contributed by atoms with E-state index in [4.69, 9.17) is 16.3 Å². The Hall–Kier alpha value is -3.05. The van der Waals surface area contributed by atoms with E-state index < -0.39 is 0 Å². The first-order chi connectivity index (χ1) is 14.6. The molecule has 30 heavy (non-hydrogen) atoms. The molecule has 1 unspecified atom stereocenters. The van der Waals surface area contributed by atoms with Gasteiger partial charge in [-0.15, -0.1) is 0 Å². The van der Waals surface area contributed by atoms with Crippen molar-refractivity contribution >= 4 is 39.9 Å². The number of nitrogens with one attached hydrogen (secondary N) is 1. The van der Waals surface area contributed by atoms with Gasteiger partial charge in [-0.3, -0.25) is 9.59 Å². The quantitative estimate of drug-likeness (QED) is 0.644. The lowest BCUT2D eigenvalue weighted by atomic mass is 9.95. The van der Waals surface area contributed by atoms with E-state index in [0.29, 0.717) is 35.1 Å². The van der Waals surface area contributed by atoms with Crippen LogP contribution in [0.15, 0.2) is 60.7 Å². The van der Waals surface area contributed by atoms with E-state index in [-0.39, 0.29) is 17.7 Å². The Morgan fingerprint density at radius 2 is 1.90 bits per heavy atom. The molecular weight excluding hydrogens is 400 g/mol. The predicted octanol–water partition coefficient (Wildman–Crippen LogP) is 4.99. The minimum absolute atomic E-state index is 0.0354. The molecular formula is C24H23ClN2O3. The monoisotopic (exact) mass is 422 g/mol. The van der Waals surface area contributed by atoms with E-state index in [1.807, 2.05) is 42.5 Å². The molecule has 154 valence electrons. The number of amides is 2. The highest BCUT2D eigenvalue weighted by atomic mass is 35.5. The summed E-state index contributed by atoms with van der Waals surface area (Å²) in [5, 5.41) is 5.28. The van der Waals surface area contributed by atoms with Crippen molar-refractivity contribution in [1.82, 2.24) is 4.90 Å². The van der Waals surface area contributed by atoms with Crippen molar-refractivity contribution in [2.75, 3.05) is 25.5 Å². The molecule has 1 heterocycles. The molecule has 1 aliphatic rings. The molecule has 3 aromatic rings. The Morgan fingerprint density at radius 3 is 2.70 bits per heavy atom. The van der Waals surface area contributed by atoms with E-state index in [1.165, 1.54) is 0 Å². The van der Waals surface area contributed by atoms with Crippen LogP contribution < -0.4 is 10.1 Å². The number of methoxy groups -OCH3 is 1. The fraction of sp³-hybridized carbons (Fsp3) is 0.250. The molecule has 0 saturated carbocycles. The van der Waals surface area contributed by atoms with Crippen LogP contribution in [0.3, 0.4) is 0 Å². The van der Waals surface area contributed by atoms with Crippen LogP contribution >= 0.6 is 11.6 Å². The molecule has 4 rings (SSSR count). The minimum atomic E-state index is -0.282. The van der Waals surface area contributed by atoms with Crippen molar-refractivity contribution in [2.24, 2.45) is 5.92 Å². The van der Waals surface area contributed by atoms with E-state index in [9.17, 15) is 9.59 Å². The lowest BCUT2D eigenvalue weighted by Crippen LogP contribution is -2.43. The molecule has 1 N–H and O–H groups in total. The van der Waals surface area contributed by atoms with Gasteiger partial charge in [0.2, 0.25) is 5.91 Å². The third-order valence-electron chi connectivity index (χ3n) is 5.53. The van der Waals surface area contributed by atoms with Gasteiger partial charge in [-0.05, 0) is 41.8 Å². The summed E-state index contributed by atoms with van der Waals surface area (Å²) in [6.45, 7) is 1.04. The average molecular weight is 423 g/mol. The zero-order valence-electron chi connectivity index (χ0n) is 16.7. The Balaban J connectivity index is 1.49. The fourth-order valence-electron chi connectivity index (χ4n) is 3.92. The van der Waals surface area contributed by atoms with Gasteiger partial charge in [0.15, 0.2) is 0 Å². The number of hydrogen-bond acceptors (Lipinski definition) is 3. The number of rotatable bonds is 4. The molecule has 6 heteroatoms. The summed E-state index contributed by atoms with van der Waals surface area (Å²) in [5.74, 6) is 0.183. The number of likely N-dealkylation sites (tertiary alicyclic amines) is 1. The number of benzene rings is 3. The molecule has 1 fully saturated rings. The molecule has 3 aromatic carbocycles.